The monoisotopic (exact) mass is 214 g/mol. The first-order valence-electron chi connectivity index (χ1n) is 5.45. The summed E-state index contributed by atoms with van der Waals surface area (Å²) in [6, 6.07) is 0.139. The third-order valence-corrected chi connectivity index (χ3v) is 5.17. The molecule has 0 saturated carbocycles. The van der Waals surface area contributed by atoms with Gasteiger partial charge in [-0.3, -0.25) is 4.79 Å². The van der Waals surface area contributed by atoms with Crippen molar-refractivity contribution in [2.24, 2.45) is 0 Å². The van der Waals surface area contributed by atoms with Crippen molar-refractivity contribution >= 4 is 14.1 Å². The zero-order chi connectivity index (χ0) is 10.8. The van der Waals surface area contributed by atoms with Crippen LogP contribution in [0.25, 0.3) is 0 Å². The first-order chi connectivity index (χ1) is 6.46. The molecule has 1 unspecified atom stereocenters. The third-order valence-electron chi connectivity index (χ3n) is 2.91. The van der Waals surface area contributed by atoms with Crippen LogP contribution >= 0.6 is 0 Å². The zero-order valence-electron chi connectivity index (χ0n) is 9.76. The van der Waals surface area contributed by atoms with Crippen molar-refractivity contribution in [3.63, 3.8) is 0 Å². The number of piperidine rings is 1. The third kappa shape index (κ3) is 2.57. The lowest BCUT2D eigenvalue weighted by molar-refractivity contribution is -0.125. The van der Waals surface area contributed by atoms with Gasteiger partial charge in [0.1, 0.15) is 8.24 Å². The van der Waals surface area contributed by atoms with Gasteiger partial charge in [-0.25, -0.2) is 0 Å². The van der Waals surface area contributed by atoms with Crippen molar-refractivity contribution in [2.45, 2.75) is 44.9 Å². The van der Waals surface area contributed by atoms with Crippen LogP contribution in [0.3, 0.4) is 0 Å². The molecule has 0 spiro atoms. The maximum atomic E-state index is 11.7. The first kappa shape index (κ1) is 11.7. The Hall–Kier alpha value is -0.353. The molecule has 0 aromatic rings. The van der Waals surface area contributed by atoms with E-state index in [4.69, 9.17) is 0 Å². The fraction of sp³-hybridized carbons (Fsp3) is 0.900. The van der Waals surface area contributed by atoms with E-state index in [2.05, 4.69) is 29.5 Å². The second-order valence-electron chi connectivity index (χ2n) is 4.99. The van der Waals surface area contributed by atoms with Crippen molar-refractivity contribution in [1.29, 1.82) is 0 Å². The van der Waals surface area contributed by atoms with Crippen LogP contribution in [-0.2, 0) is 4.79 Å². The van der Waals surface area contributed by atoms with Crippen LogP contribution in [-0.4, -0.2) is 38.3 Å². The van der Waals surface area contributed by atoms with Gasteiger partial charge in [0.15, 0.2) is 0 Å². The maximum absolute atomic E-state index is 11.7. The fourth-order valence-electron chi connectivity index (χ4n) is 2.17. The van der Waals surface area contributed by atoms with Crippen LogP contribution < -0.4 is 5.32 Å². The molecule has 0 aromatic carbocycles. The summed E-state index contributed by atoms with van der Waals surface area (Å²) in [5, 5.41) is 2.78. The van der Waals surface area contributed by atoms with E-state index in [9.17, 15) is 4.79 Å². The number of hydrogen-bond acceptors (Lipinski definition) is 2. The predicted molar refractivity (Wildman–Crippen MR) is 61.8 cm³/mol. The molecule has 1 aliphatic heterocycles. The van der Waals surface area contributed by atoms with Crippen molar-refractivity contribution in [3.05, 3.63) is 0 Å². The quantitative estimate of drug-likeness (QED) is 0.705. The number of amides is 1. The smallest absolute Gasteiger partial charge is 0.236 e. The van der Waals surface area contributed by atoms with Crippen molar-refractivity contribution in [1.82, 2.24) is 9.88 Å². The summed E-state index contributed by atoms with van der Waals surface area (Å²) < 4.78 is 2.45. The minimum Gasteiger partial charge on any atom is -0.358 e. The molecule has 0 bridgehead atoms. The zero-order valence-corrected chi connectivity index (χ0v) is 10.8. The molecule has 1 fully saturated rings. The Balaban J connectivity index is 2.74. The molecule has 0 aromatic heterocycles. The van der Waals surface area contributed by atoms with Gasteiger partial charge in [0, 0.05) is 7.05 Å². The molecule has 1 amide bonds. The Labute approximate surface area is 88.0 Å². The van der Waals surface area contributed by atoms with E-state index in [-0.39, 0.29) is 11.9 Å². The van der Waals surface area contributed by atoms with Gasteiger partial charge in [-0.05, 0) is 19.4 Å². The van der Waals surface area contributed by atoms with Gasteiger partial charge in [0.05, 0.1) is 6.04 Å². The minimum absolute atomic E-state index is 0.139. The predicted octanol–water partition coefficient (Wildman–Crippen LogP) is 1.42. The largest absolute Gasteiger partial charge is 0.358 e. The summed E-state index contributed by atoms with van der Waals surface area (Å²) >= 11 is 0. The lowest BCUT2D eigenvalue weighted by atomic mass is 10.0. The van der Waals surface area contributed by atoms with E-state index in [0.717, 1.165) is 13.0 Å². The van der Waals surface area contributed by atoms with Crippen LogP contribution in [0, 0.1) is 0 Å². The molecule has 0 aliphatic carbocycles. The number of hydrogen-bond donors (Lipinski definition) is 1. The molecule has 1 N–H and O–H groups in total. The molecule has 82 valence electrons. The topological polar surface area (TPSA) is 32.3 Å². The van der Waals surface area contributed by atoms with Crippen LogP contribution in [0.4, 0.5) is 0 Å². The number of nitrogens with zero attached hydrogens (tertiary/aromatic N) is 1. The first-order valence-corrected chi connectivity index (χ1v) is 8.90. The Morgan fingerprint density at radius 2 is 2.00 bits per heavy atom. The van der Waals surface area contributed by atoms with E-state index in [1.54, 1.807) is 7.05 Å². The number of carbonyl (C=O) groups excluding carboxylic acids is 1. The van der Waals surface area contributed by atoms with Crippen LogP contribution in [0.1, 0.15) is 19.3 Å². The maximum Gasteiger partial charge on any atom is 0.236 e. The number of carbonyl (C=O) groups is 1. The second kappa shape index (κ2) is 4.44. The number of rotatable bonds is 2. The Morgan fingerprint density at radius 1 is 1.36 bits per heavy atom. The van der Waals surface area contributed by atoms with E-state index in [1.807, 2.05) is 0 Å². The average molecular weight is 214 g/mol. The molecular weight excluding hydrogens is 192 g/mol. The highest BCUT2D eigenvalue weighted by molar-refractivity contribution is 6.73. The van der Waals surface area contributed by atoms with Crippen molar-refractivity contribution in [3.8, 4) is 0 Å². The standard InChI is InChI=1S/C10H22N2OSi/c1-11-10(13)9-7-5-6-8-12(9)14(2,3)4/h9H,5-8H2,1-4H3,(H,11,13). The highest BCUT2D eigenvalue weighted by Gasteiger charge is 2.35. The summed E-state index contributed by atoms with van der Waals surface area (Å²) in [5.41, 5.74) is 0. The summed E-state index contributed by atoms with van der Waals surface area (Å²) in [6.45, 7) is 8.05. The number of likely N-dealkylation sites (N-methyl/N-ethyl adjacent to an activating group) is 1. The average Bonchev–Trinajstić information content (AvgIpc) is 2.15. The summed E-state index contributed by atoms with van der Waals surface area (Å²) in [7, 11) is 0.409. The van der Waals surface area contributed by atoms with Crippen LogP contribution in [0.2, 0.25) is 19.6 Å². The van der Waals surface area contributed by atoms with Gasteiger partial charge < -0.3 is 9.88 Å². The summed E-state index contributed by atoms with van der Waals surface area (Å²) in [6.07, 6.45) is 3.47. The lowest BCUT2D eigenvalue weighted by Gasteiger charge is -2.42. The number of nitrogens with one attached hydrogen (secondary N) is 1. The summed E-state index contributed by atoms with van der Waals surface area (Å²) in [4.78, 5) is 11.7. The summed E-state index contributed by atoms with van der Waals surface area (Å²) in [5.74, 6) is 0.201. The molecule has 3 nitrogen and oxygen atoms in total. The van der Waals surface area contributed by atoms with Crippen molar-refractivity contribution < 1.29 is 4.79 Å². The minimum atomic E-state index is -1.33. The van der Waals surface area contributed by atoms with Gasteiger partial charge in [-0.1, -0.05) is 26.1 Å². The molecule has 1 saturated heterocycles. The SMILES string of the molecule is CNC(=O)C1CCCCN1[Si](C)(C)C. The Bertz CT molecular complexity index is 213. The molecular formula is C10H22N2OSi. The Morgan fingerprint density at radius 3 is 2.50 bits per heavy atom. The van der Waals surface area contributed by atoms with Gasteiger partial charge >= 0.3 is 0 Å². The lowest BCUT2D eigenvalue weighted by Crippen LogP contribution is -2.58. The molecule has 1 aliphatic rings. The molecule has 1 rings (SSSR count). The van der Waals surface area contributed by atoms with E-state index in [0.29, 0.717) is 0 Å². The molecule has 1 heterocycles. The van der Waals surface area contributed by atoms with Crippen LogP contribution in [0.15, 0.2) is 0 Å². The molecule has 1 atom stereocenters. The fourth-order valence-corrected chi connectivity index (χ4v) is 4.18. The molecule has 4 heteroatoms. The second-order valence-corrected chi connectivity index (χ2v) is 9.91. The van der Waals surface area contributed by atoms with Gasteiger partial charge in [0.25, 0.3) is 0 Å². The van der Waals surface area contributed by atoms with Crippen molar-refractivity contribution in [2.75, 3.05) is 13.6 Å². The van der Waals surface area contributed by atoms with Gasteiger partial charge in [-0.2, -0.15) is 0 Å². The highest BCUT2D eigenvalue weighted by Crippen LogP contribution is 2.23. The highest BCUT2D eigenvalue weighted by atomic mass is 28.3. The van der Waals surface area contributed by atoms with Gasteiger partial charge in [-0.15, -0.1) is 0 Å². The molecule has 14 heavy (non-hydrogen) atoms. The molecule has 0 radical (unpaired) electrons. The Kier molecular flexibility index (Phi) is 3.72. The normalized spacial score (nSPS) is 24.7. The van der Waals surface area contributed by atoms with Gasteiger partial charge in [0.2, 0.25) is 5.91 Å². The van der Waals surface area contributed by atoms with E-state index < -0.39 is 8.24 Å². The van der Waals surface area contributed by atoms with E-state index >= 15 is 0 Å². The van der Waals surface area contributed by atoms with E-state index in [1.165, 1.54) is 12.8 Å². The van der Waals surface area contributed by atoms with Crippen LogP contribution in [0.5, 0.6) is 0 Å².